The fourth-order valence-corrected chi connectivity index (χ4v) is 3.08. The summed E-state index contributed by atoms with van der Waals surface area (Å²) in [4.78, 5) is 0. The topological polar surface area (TPSA) is 0 Å². The molecule has 0 aromatic carbocycles. The molecule has 0 atom stereocenters. The Morgan fingerprint density at radius 3 is 2.55 bits per heavy atom. The number of rotatable bonds is 4. The molecule has 0 radical (unpaired) electrons. The van der Waals surface area contributed by atoms with Crippen molar-refractivity contribution in [2.24, 2.45) is 0 Å². The average Bonchev–Trinajstić information content (AvgIpc) is 2.07. The molecule has 0 aliphatic carbocycles. The monoisotopic (exact) mass is 170 g/mol. The zero-order valence-corrected chi connectivity index (χ0v) is 8.46. The van der Waals surface area contributed by atoms with Gasteiger partial charge in [-0.3, -0.25) is 0 Å². The van der Waals surface area contributed by atoms with Crippen molar-refractivity contribution in [3.8, 4) is 0 Å². The van der Waals surface area contributed by atoms with Crippen LogP contribution in [0, 0.1) is 0 Å². The van der Waals surface area contributed by atoms with Gasteiger partial charge in [-0.25, -0.2) is 11.6 Å². The van der Waals surface area contributed by atoms with Crippen molar-refractivity contribution in [1.82, 2.24) is 0 Å². The van der Waals surface area contributed by atoms with E-state index in [-0.39, 0.29) is 0 Å². The van der Waals surface area contributed by atoms with Gasteiger partial charge in [0.15, 0.2) is 0 Å². The molecule has 0 aromatic heterocycles. The fraction of sp³-hybridized carbons (Fsp3) is 1.00. The number of hydrogen-bond acceptors (Lipinski definition) is 1. The Bertz CT molecular complexity index is 89.6. The van der Waals surface area contributed by atoms with Crippen molar-refractivity contribution in [2.75, 3.05) is 5.75 Å². The molecule has 1 aliphatic rings. The van der Waals surface area contributed by atoms with E-state index in [0.29, 0.717) is 0 Å². The first-order valence-corrected chi connectivity index (χ1v) is 6.10. The lowest BCUT2D eigenvalue weighted by atomic mass is 9.62. The summed E-state index contributed by atoms with van der Waals surface area (Å²) in [6.07, 6.45) is 10.2. The van der Waals surface area contributed by atoms with Gasteiger partial charge in [-0.15, -0.1) is 0 Å². The van der Waals surface area contributed by atoms with Crippen LogP contribution in [0.2, 0.25) is 12.6 Å². The van der Waals surface area contributed by atoms with Crippen LogP contribution in [0.5, 0.6) is 0 Å². The molecule has 0 nitrogen and oxygen atoms in total. The van der Waals surface area contributed by atoms with Crippen molar-refractivity contribution >= 4 is 17.6 Å². The molecule has 1 fully saturated rings. The molecular formula is C9H19BS. The summed E-state index contributed by atoms with van der Waals surface area (Å²) in [5.74, 6) is 2.43. The summed E-state index contributed by atoms with van der Waals surface area (Å²) in [5, 5.41) is 0. The Balaban J connectivity index is 1.96. The van der Waals surface area contributed by atoms with Crippen LogP contribution in [-0.2, 0) is 0 Å². The third-order valence-electron chi connectivity index (χ3n) is 2.40. The first-order chi connectivity index (χ1) is 5.43. The Morgan fingerprint density at radius 2 is 1.91 bits per heavy atom. The maximum Gasteiger partial charge on any atom is 0.209 e. The summed E-state index contributed by atoms with van der Waals surface area (Å²) < 4.78 is 0. The second kappa shape index (κ2) is 5.99. The van der Waals surface area contributed by atoms with Crippen LogP contribution in [-0.4, -0.2) is 11.7 Å². The Hall–Kier alpha value is 0.415. The van der Waals surface area contributed by atoms with Gasteiger partial charge < -0.3 is 0 Å². The summed E-state index contributed by atoms with van der Waals surface area (Å²) in [6.45, 7) is 2.28. The zero-order valence-electron chi connectivity index (χ0n) is 7.64. The first kappa shape index (κ1) is 9.50. The second-order valence-electron chi connectivity index (χ2n) is 3.48. The van der Waals surface area contributed by atoms with E-state index >= 15 is 0 Å². The normalized spacial score (nSPS) is 18.8. The standard InChI is InChI=1S/C9H19BS/c1-2-3-9-11-10-7-5-4-6-8-10/h2-9H2,1H3. The zero-order chi connectivity index (χ0) is 7.94. The highest BCUT2D eigenvalue weighted by Crippen LogP contribution is 2.26. The molecular weight excluding hydrogens is 151 g/mol. The summed E-state index contributed by atoms with van der Waals surface area (Å²) in [7, 11) is 0. The Labute approximate surface area is 75.5 Å². The van der Waals surface area contributed by atoms with E-state index in [9.17, 15) is 0 Å². The highest BCUT2D eigenvalue weighted by molar-refractivity contribution is 8.25. The van der Waals surface area contributed by atoms with Gasteiger partial charge >= 0.3 is 0 Å². The lowest BCUT2D eigenvalue weighted by Gasteiger charge is -2.17. The summed E-state index contributed by atoms with van der Waals surface area (Å²) >= 11 is 2.22. The van der Waals surface area contributed by atoms with Gasteiger partial charge in [-0.1, -0.05) is 45.2 Å². The SMILES string of the molecule is CCCCSB1CCCCC1. The van der Waals surface area contributed by atoms with Gasteiger partial charge in [0.2, 0.25) is 5.99 Å². The van der Waals surface area contributed by atoms with Crippen molar-refractivity contribution in [3.63, 3.8) is 0 Å². The predicted molar refractivity (Wildman–Crippen MR) is 56.6 cm³/mol. The molecule has 11 heavy (non-hydrogen) atoms. The van der Waals surface area contributed by atoms with E-state index < -0.39 is 0 Å². The van der Waals surface area contributed by atoms with E-state index in [1.165, 1.54) is 50.5 Å². The summed E-state index contributed by atoms with van der Waals surface area (Å²) in [5.41, 5.74) is 0. The van der Waals surface area contributed by atoms with Crippen LogP contribution in [0.1, 0.15) is 39.0 Å². The van der Waals surface area contributed by atoms with Gasteiger partial charge in [0.25, 0.3) is 0 Å². The van der Waals surface area contributed by atoms with E-state index in [2.05, 4.69) is 18.5 Å². The molecule has 0 aromatic rings. The van der Waals surface area contributed by atoms with Crippen LogP contribution in [0.15, 0.2) is 0 Å². The lowest BCUT2D eigenvalue weighted by Crippen LogP contribution is -2.12. The molecule has 0 N–H and O–H groups in total. The Kier molecular flexibility index (Phi) is 5.17. The van der Waals surface area contributed by atoms with E-state index in [4.69, 9.17) is 0 Å². The molecule has 64 valence electrons. The van der Waals surface area contributed by atoms with Crippen molar-refractivity contribution in [2.45, 2.75) is 51.7 Å². The second-order valence-corrected chi connectivity index (χ2v) is 4.89. The maximum atomic E-state index is 2.28. The first-order valence-electron chi connectivity index (χ1n) is 5.05. The smallest absolute Gasteiger partial charge is 0.209 e. The van der Waals surface area contributed by atoms with Crippen molar-refractivity contribution < 1.29 is 0 Å². The molecule has 1 aliphatic heterocycles. The van der Waals surface area contributed by atoms with E-state index in [0.717, 1.165) is 5.99 Å². The van der Waals surface area contributed by atoms with Crippen molar-refractivity contribution in [1.29, 1.82) is 0 Å². The van der Waals surface area contributed by atoms with Gasteiger partial charge in [-0.05, 0) is 12.2 Å². The minimum atomic E-state index is 1.02. The van der Waals surface area contributed by atoms with Crippen LogP contribution < -0.4 is 0 Å². The van der Waals surface area contributed by atoms with Gasteiger partial charge in [0.1, 0.15) is 0 Å². The minimum absolute atomic E-state index is 1.02. The lowest BCUT2D eigenvalue weighted by molar-refractivity contribution is 0.731. The molecule has 0 unspecified atom stereocenters. The van der Waals surface area contributed by atoms with Crippen LogP contribution in [0.3, 0.4) is 0 Å². The number of unbranched alkanes of at least 4 members (excludes halogenated alkanes) is 1. The minimum Gasteiger partial charge on any atom is -0.210 e. The molecule has 0 amide bonds. The van der Waals surface area contributed by atoms with Crippen molar-refractivity contribution in [3.05, 3.63) is 0 Å². The molecule has 1 rings (SSSR count). The average molecular weight is 170 g/mol. The van der Waals surface area contributed by atoms with E-state index in [1.54, 1.807) is 0 Å². The molecule has 1 heterocycles. The predicted octanol–water partition coefficient (Wildman–Crippen LogP) is 3.70. The van der Waals surface area contributed by atoms with Gasteiger partial charge in [0, 0.05) is 0 Å². The van der Waals surface area contributed by atoms with Crippen LogP contribution in [0.4, 0.5) is 0 Å². The summed E-state index contributed by atoms with van der Waals surface area (Å²) in [6, 6.07) is 0. The molecule has 0 bridgehead atoms. The molecule has 0 saturated carbocycles. The fourth-order valence-electron chi connectivity index (χ4n) is 1.63. The highest BCUT2D eigenvalue weighted by atomic mass is 32.2. The molecule has 1 saturated heterocycles. The van der Waals surface area contributed by atoms with E-state index in [1.807, 2.05) is 0 Å². The van der Waals surface area contributed by atoms with Gasteiger partial charge in [-0.2, -0.15) is 0 Å². The maximum absolute atomic E-state index is 2.28. The molecule has 2 heteroatoms. The Morgan fingerprint density at radius 1 is 1.18 bits per heavy atom. The quantitative estimate of drug-likeness (QED) is 0.458. The molecule has 0 spiro atoms. The van der Waals surface area contributed by atoms with Gasteiger partial charge in [0.05, 0.1) is 0 Å². The highest BCUT2D eigenvalue weighted by Gasteiger charge is 2.16. The van der Waals surface area contributed by atoms with Crippen LogP contribution >= 0.6 is 11.6 Å². The largest absolute Gasteiger partial charge is 0.210 e. The third-order valence-corrected chi connectivity index (χ3v) is 3.87. The number of hydrogen-bond donors (Lipinski definition) is 0. The third kappa shape index (κ3) is 4.10. The van der Waals surface area contributed by atoms with Crippen LogP contribution in [0.25, 0.3) is 0 Å².